The molecule has 0 unspecified atom stereocenters. The Morgan fingerprint density at radius 2 is 2.07 bits per heavy atom. The summed E-state index contributed by atoms with van der Waals surface area (Å²) < 4.78 is 0. The Morgan fingerprint density at radius 3 is 2.60 bits per heavy atom. The number of hydrogen-bond acceptors (Lipinski definition) is 3. The zero-order valence-corrected chi connectivity index (χ0v) is 8.97. The summed E-state index contributed by atoms with van der Waals surface area (Å²) in [5.74, 6) is 0.0773. The third-order valence-electron chi connectivity index (χ3n) is 1.98. The maximum absolute atomic E-state index is 9.46. The molecule has 0 radical (unpaired) electrons. The topological polar surface area (TPSA) is 74.9 Å². The van der Waals surface area contributed by atoms with Gasteiger partial charge in [-0.2, -0.15) is 0 Å². The van der Waals surface area contributed by atoms with E-state index in [0.29, 0.717) is 21.2 Å². The number of hydrogen-bond donors (Lipinski definition) is 3. The molecule has 4 nitrogen and oxygen atoms in total. The molecule has 0 aliphatic rings. The molecule has 0 saturated heterocycles. The number of aromatic nitrogens is 2. The van der Waals surface area contributed by atoms with Crippen LogP contribution in [0, 0.1) is 0 Å². The number of nitrogen functional groups attached to an aromatic ring is 1. The third kappa shape index (κ3) is 1.73. The predicted octanol–water partition coefficient (Wildman–Crippen LogP) is 2.67. The number of nitrogens with one attached hydrogen (secondary N) is 1. The Bertz CT molecular complexity index is 491. The highest BCUT2D eigenvalue weighted by atomic mass is 35.5. The largest absolute Gasteiger partial charge is 0.492 e. The molecule has 0 aliphatic heterocycles. The maximum Gasteiger partial charge on any atom is 0.240 e. The molecular formula is C9H7Cl2N3O. The molecule has 2 aromatic rings. The molecule has 0 fully saturated rings. The van der Waals surface area contributed by atoms with E-state index in [0.717, 1.165) is 0 Å². The van der Waals surface area contributed by atoms with Crippen molar-refractivity contribution in [2.45, 2.75) is 0 Å². The minimum absolute atomic E-state index is 0.184. The van der Waals surface area contributed by atoms with Gasteiger partial charge in [0.1, 0.15) is 5.82 Å². The van der Waals surface area contributed by atoms with E-state index in [-0.39, 0.29) is 11.7 Å². The van der Waals surface area contributed by atoms with E-state index in [1.165, 1.54) is 0 Å². The standard InChI is InChI=1S/C9H7Cl2N3O/c10-4-1-2-5(6(11)3-4)7-8(12)13-14-9(7)15/h1-3H,(H4,12,13,14,15). The van der Waals surface area contributed by atoms with E-state index in [1.54, 1.807) is 18.2 Å². The Labute approximate surface area is 95.6 Å². The number of nitrogens with zero attached hydrogens (tertiary/aromatic N) is 1. The van der Waals surface area contributed by atoms with Gasteiger partial charge in [0, 0.05) is 10.6 Å². The summed E-state index contributed by atoms with van der Waals surface area (Å²) in [6, 6.07) is 4.91. The molecule has 1 aromatic heterocycles. The summed E-state index contributed by atoms with van der Waals surface area (Å²) in [7, 11) is 0. The number of aromatic hydroxyl groups is 1. The van der Waals surface area contributed by atoms with Gasteiger partial charge < -0.3 is 10.8 Å². The van der Waals surface area contributed by atoms with Gasteiger partial charge in [-0.3, -0.25) is 5.10 Å². The third-order valence-corrected chi connectivity index (χ3v) is 2.52. The Kier molecular flexibility index (Phi) is 2.46. The summed E-state index contributed by atoms with van der Waals surface area (Å²) in [6.07, 6.45) is 0. The quantitative estimate of drug-likeness (QED) is 0.721. The lowest BCUT2D eigenvalue weighted by Gasteiger charge is -2.03. The van der Waals surface area contributed by atoms with E-state index in [9.17, 15) is 5.11 Å². The molecule has 1 aromatic carbocycles. The molecule has 4 N–H and O–H groups in total. The lowest BCUT2D eigenvalue weighted by atomic mass is 10.1. The van der Waals surface area contributed by atoms with Crippen molar-refractivity contribution in [2.24, 2.45) is 0 Å². The van der Waals surface area contributed by atoms with Gasteiger partial charge in [0.05, 0.1) is 10.6 Å². The van der Waals surface area contributed by atoms with E-state index in [2.05, 4.69) is 10.2 Å². The molecule has 2 rings (SSSR count). The number of anilines is 1. The first-order valence-corrected chi connectivity index (χ1v) is 4.83. The number of nitrogens with two attached hydrogens (primary N) is 1. The van der Waals surface area contributed by atoms with E-state index in [4.69, 9.17) is 28.9 Å². The van der Waals surface area contributed by atoms with Crippen molar-refractivity contribution in [3.8, 4) is 17.0 Å². The second-order valence-electron chi connectivity index (χ2n) is 2.96. The van der Waals surface area contributed by atoms with Crippen LogP contribution in [0.3, 0.4) is 0 Å². The predicted molar refractivity (Wildman–Crippen MR) is 60.1 cm³/mol. The summed E-state index contributed by atoms with van der Waals surface area (Å²) in [5.41, 5.74) is 6.58. The fraction of sp³-hybridized carbons (Fsp3) is 0. The van der Waals surface area contributed by atoms with E-state index >= 15 is 0 Å². The van der Waals surface area contributed by atoms with Crippen LogP contribution in [-0.2, 0) is 0 Å². The Morgan fingerprint density at radius 1 is 1.33 bits per heavy atom. The zero-order valence-electron chi connectivity index (χ0n) is 7.46. The highest BCUT2D eigenvalue weighted by molar-refractivity contribution is 6.36. The van der Waals surface area contributed by atoms with Crippen molar-refractivity contribution >= 4 is 29.0 Å². The van der Waals surface area contributed by atoms with Gasteiger partial charge in [0.25, 0.3) is 0 Å². The smallest absolute Gasteiger partial charge is 0.240 e. The monoisotopic (exact) mass is 243 g/mol. The second-order valence-corrected chi connectivity index (χ2v) is 3.80. The van der Waals surface area contributed by atoms with Crippen LogP contribution in [0.1, 0.15) is 0 Å². The van der Waals surface area contributed by atoms with E-state index < -0.39 is 0 Å². The number of rotatable bonds is 1. The molecule has 0 saturated carbocycles. The lowest BCUT2D eigenvalue weighted by Crippen LogP contribution is -1.88. The first-order chi connectivity index (χ1) is 7.09. The Hall–Kier alpha value is -1.39. The molecule has 0 atom stereocenters. The first-order valence-electron chi connectivity index (χ1n) is 4.08. The van der Waals surface area contributed by atoms with Crippen LogP contribution in [0.15, 0.2) is 18.2 Å². The van der Waals surface area contributed by atoms with Crippen molar-refractivity contribution in [3.63, 3.8) is 0 Å². The molecule has 0 spiro atoms. The number of H-pyrrole nitrogens is 1. The number of aromatic amines is 1. The first kappa shape index (κ1) is 10.1. The molecule has 0 bridgehead atoms. The second kappa shape index (κ2) is 3.64. The van der Waals surface area contributed by atoms with Gasteiger partial charge in [-0.15, -0.1) is 5.10 Å². The minimum atomic E-state index is -0.184. The van der Waals surface area contributed by atoms with Gasteiger partial charge in [-0.1, -0.05) is 29.3 Å². The number of benzene rings is 1. The van der Waals surface area contributed by atoms with Crippen LogP contribution in [0.2, 0.25) is 10.0 Å². The highest BCUT2D eigenvalue weighted by Crippen LogP contribution is 2.37. The van der Waals surface area contributed by atoms with Gasteiger partial charge in [0.15, 0.2) is 0 Å². The normalized spacial score (nSPS) is 10.5. The molecule has 0 aliphatic carbocycles. The fourth-order valence-corrected chi connectivity index (χ4v) is 1.81. The van der Waals surface area contributed by atoms with Crippen LogP contribution in [0.25, 0.3) is 11.1 Å². The molecule has 6 heteroatoms. The summed E-state index contributed by atoms with van der Waals surface area (Å²) in [4.78, 5) is 0. The van der Waals surface area contributed by atoms with Crippen LogP contribution in [-0.4, -0.2) is 15.3 Å². The summed E-state index contributed by atoms with van der Waals surface area (Å²) >= 11 is 11.7. The molecule has 15 heavy (non-hydrogen) atoms. The van der Waals surface area contributed by atoms with Crippen LogP contribution < -0.4 is 5.73 Å². The molecule has 78 valence electrons. The van der Waals surface area contributed by atoms with Crippen molar-refractivity contribution in [3.05, 3.63) is 28.2 Å². The van der Waals surface area contributed by atoms with Crippen molar-refractivity contribution in [1.29, 1.82) is 0 Å². The minimum Gasteiger partial charge on any atom is -0.492 e. The number of halogens is 2. The average Bonchev–Trinajstić information content (AvgIpc) is 2.48. The average molecular weight is 244 g/mol. The van der Waals surface area contributed by atoms with Crippen molar-refractivity contribution < 1.29 is 5.11 Å². The zero-order chi connectivity index (χ0) is 11.0. The molecular weight excluding hydrogens is 237 g/mol. The molecule has 0 amide bonds. The SMILES string of the molecule is Nc1[nH]nc(O)c1-c1ccc(Cl)cc1Cl. The lowest BCUT2D eigenvalue weighted by molar-refractivity contribution is 0.454. The molecule has 1 heterocycles. The van der Waals surface area contributed by atoms with E-state index in [1.807, 2.05) is 0 Å². The van der Waals surface area contributed by atoms with Crippen LogP contribution in [0.4, 0.5) is 5.82 Å². The Balaban J connectivity index is 2.64. The van der Waals surface area contributed by atoms with Crippen LogP contribution in [0.5, 0.6) is 5.88 Å². The summed E-state index contributed by atoms with van der Waals surface area (Å²) in [6.45, 7) is 0. The highest BCUT2D eigenvalue weighted by Gasteiger charge is 2.15. The van der Waals surface area contributed by atoms with Gasteiger partial charge in [-0.25, -0.2) is 0 Å². The van der Waals surface area contributed by atoms with Gasteiger partial charge >= 0.3 is 0 Å². The maximum atomic E-state index is 9.46. The van der Waals surface area contributed by atoms with Gasteiger partial charge in [-0.05, 0) is 12.1 Å². The van der Waals surface area contributed by atoms with Crippen LogP contribution >= 0.6 is 23.2 Å². The fourth-order valence-electron chi connectivity index (χ4n) is 1.30. The summed E-state index contributed by atoms with van der Waals surface area (Å²) in [5, 5.41) is 16.4. The van der Waals surface area contributed by atoms with Gasteiger partial charge in [0.2, 0.25) is 5.88 Å². The van der Waals surface area contributed by atoms with Crippen molar-refractivity contribution in [2.75, 3.05) is 5.73 Å². The van der Waals surface area contributed by atoms with Crippen molar-refractivity contribution in [1.82, 2.24) is 10.2 Å².